The molecule has 0 radical (unpaired) electrons. The minimum absolute atomic E-state index is 0.226. The first kappa shape index (κ1) is 12.0. The molecule has 0 aromatic carbocycles. The number of aromatic nitrogens is 3. The van der Waals surface area contributed by atoms with Gasteiger partial charge in [0.25, 0.3) is 0 Å². The molecule has 0 amide bonds. The number of nitrogens with zero attached hydrogens (tertiary/aromatic N) is 3. The smallest absolute Gasteiger partial charge is 0.325 e. The molecule has 0 fully saturated rings. The molecule has 0 saturated carbocycles. The van der Waals surface area contributed by atoms with Crippen LogP contribution in [0.3, 0.4) is 0 Å². The molecule has 0 aliphatic carbocycles. The van der Waals surface area contributed by atoms with Crippen molar-refractivity contribution in [2.75, 3.05) is 0 Å². The Balaban J connectivity index is 2.07. The average Bonchev–Trinajstić information content (AvgIpc) is 2.57. The maximum absolute atomic E-state index is 11.9. The van der Waals surface area contributed by atoms with E-state index in [1.807, 2.05) is 32.3 Å². The van der Waals surface area contributed by atoms with Gasteiger partial charge in [0.05, 0.1) is 13.1 Å². The highest BCUT2D eigenvalue weighted by molar-refractivity contribution is 5.76. The van der Waals surface area contributed by atoms with Gasteiger partial charge in [-0.25, -0.2) is 0 Å². The van der Waals surface area contributed by atoms with Crippen LogP contribution in [-0.4, -0.2) is 32.4 Å². The summed E-state index contributed by atoms with van der Waals surface area (Å²) in [7, 11) is 0. The average molecular weight is 238 g/mol. The largest absolute Gasteiger partial charge is 0.459 e. The van der Waals surface area contributed by atoms with Crippen LogP contribution in [0.5, 0.6) is 0 Å². The van der Waals surface area contributed by atoms with Crippen molar-refractivity contribution in [2.45, 2.75) is 52.4 Å². The van der Waals surface area contributed by atoms with Crippen molar-refractivity contribution < 1.29 is 9.53 Å². The molecule has 0 unspecified atom stereocenters. The van der Waals surface area contributed by atoms with Crippen molar-refractivity contribution in [3.05, 3.63) is 11.6 Å². The maximum atomic E-state index is 11.9. The number of hydrogen-bond acceptors (Lipinski definition) is 5. The fraction of sp³-hybridized carbons (Fsp3) is 0.727. The Kier molecular flexibility index (Phi) is 2.91. The zero-order valence-corrected chi connectivity index (χ0v) is 10.6. The number of esters is 1. The number of carbonyl (C=O) groups excluding carboxylic acids is 1. The van der Waals surface area contributed by atoms with E-state index in [1.165, 1.54) is 0 Å². The Bertz CT molecular complexity index is 433. The van der Waals surface area contributed by atoms with Crippen molar-refractivity contribution >= 4 is 5.97 Å². The summed E-state index contributed by atoms with van der Waals surface area (Å²) in [5.74, 6) is 1.47. The second-order valence-corrected chi connectivity index (χ2v) is 5.24. The minimum atomic E-state index is -0.457. The van der Waals surface area contributed by atoms with Gasteiger partial charge in [-0.1, -0.05) is 0 Å². The predicted molar refractivity (Wildman–Crippen MR) is 61.2 cm³/mol. The number of hydrogen-bond donors (Lipinski definition) is 1. The molecular formula is C11H18N4O2. The fourth-order valence-electron chi connectivity index (χ4n) is 1.79. The summed E-state index contributed by atoms with van der Waals surface area (Å²) in [4.78, 5) is 11.9. The van der Waals surface area contributed by atoms with E-state index < -0.39 is 5.60 Å². The first-order valence-electron chi connectivity index (χ1n) is 5.72. The van der Waals surface area contributed by atoms with Gasteiger partial charge in [0.1, 0.15) is 23.3 Å². The van der Waals surface area contributed by atoms with Gasteiger partial charge in [-0.3, -0.25) is 10.1 Å². The number of carbonyl (C=O) groups is 1. The van der Waals surface area contributed by atoms with E-state index in [4.69, 9.17) is 4.74 Å². The van der Waals surface area contributed by atoms with Crippen molar-refractivity contribution in [3.8, 4) is 0 Å². The molecule has 1 aromatic rings. The molecule has 2 heterocycles. The Morgan fingerprint density at radius 3 is 2.82 bits per heavy atom. The maximum Gasteiger partial charge on any atom is 0.325 e. The van der Waals surface area contributed by atoms with Gasteiger partial charge in [0.2, 0.25) is 0 Å². The molecule has 0 spiro atoms. The predicted octanol–water partition coefficient (Wildman–Crippen LogP) is 0.400. The van der Waals surface area contributed by atoms with Crippen molar-refractivity contribution in [1.82, 2.24) is 20.1 Å². The normalized spacial score (nSPS) is 19.9. The summed E-state index contributed by atoms with van der Waals surface area (Å²) in [6, 6.07) is -0.323. The Morgan fingerprint density at radius 1 is 1.47 bits per heavy atom. The van der Waals surface area contributed by atoms with Gasteiger partial charge in [-0.05, 0) is 27.7 Å². The van der Waals surface area contributed by atoms with Gasteiger partial charge in [0, 0.05) is 0 Å². The highest BCUT2D eigenvalue weighted by Crippen LogP contribution is 2.13. The zero-order valence-electron chi connectivity index (χ0n) is 10.6. The van der Waals surface area contributed by atoms with Crippen LogP contribution in [0.15, 0.2) is 0 Å². The van der Waals surface area contributed by atoms with Crippen molar-refractivity contribution in [2.24, 2.45) is 0 Å². The summed E-state index contributed by atoms with van der Waals surface area (Å²) in [6.45, 7) is 8.55. The van der Waals surface area contributed by atoms with Gasteiger partial charge in [-0.2, -0.15) is 0 Å². The van der Waals surface area contributed by atoms with Crippen molar-refractivity contribution in [3.63, 3.8) is 0 Å². The summed E-state index contributed by atoms with van der Waals surface area (Å²) < 4.78 is 7.30. The lowest BCUT2D eigenvalue weighted by Gasteiger charge is -2.27. The van der Waals surface area contributed by atoms with Crippen LogP contribution in [0, 0.1) is 6.92 Å². The van der Waals surface area contributed by atoms with Gasteiger partial charge >= 0.3 is 5.97 Å². The molecule has 6 heteroatoms. The molecule has 2 rings (SSSR count). The van der Waals surface area contributed by atoms with Crippen LogP contribution in [-0.2, 0) is 22.6 Å². The Hall–Kier alpha value is -1.43. The molecule has 94 valence electrons. The van der Waals surface area contributed by atoms with Crippen molar-refractivity contribution in [1.29, 1.82) is 0 Å². The molecule has 1 aromatic heterocycles. The third-order valence-corrected chi connectivity index (χ3v) is 2.58. The highest BCUT2D eigenvalue weighted by atomic mass is 16.6. The number of ether oxygens (including phenoxy) is 1. The van der Waals surface area contributed by atoms with E-state index in [-0.39, 0.29) is 12.0 Å². The number of aryl methyl sites for hydroxylation is 1. The summed E-state index contributed by atoms with van der Waals surface area (Å²) in [5.41, 5.74) is -0.457. The van der Waals surface area contributed by atoms with Crippen LogP contribution in [0.25, 0.3) is 0 Å². The second-order valence-electron chi connectivity index (χ2n) is 5.24. The van der Waals surface area contributed by atoms with E-state index in [2.05, 4.69) is 15.5 Å². The lowest BCUT2D eigenvalue weighted by molar-refractivity contribution is -0.158. The monoisotopic (exact) mass is 238 g/mol. The first-order chi connectivity index (χ1) is 7.87. The second kappa shape index (κ2) is 4.10. The van der Waals surface area contributed by atoms with E-state index in [9.17, 15) is 4.79 Å². The highest BCUT2D eigenvalue weighted by Gasteiger charge is 2.29. The fourth-order valence-corrected chi connectivity index (χ4v) is 1.79. The summed E-state index contributed by atoms with van der Waals surface area (Å²) in [6.07, 6.45) is 0. The lowest BCUT2D eigenvalue weighted by Crippen LogP contribution is -2.47. The van der Waals surface area contributed by atoms with Gasteiger partial charge in [-0.15, -0.1) is 10.2 Å². The Labute approximate surface area is 100 Å². The number of rotatable bonds is 1. The van der Waals surface area contributed by atoms with E-state index in [0.717, 1.165) is 11.6 Å². The number of fused-ring (bicyclic) bond motifs is 1. The van der Waals surface area contributed by atoms with Crippen LogP contribution >= 0.6 is 0 Å². The molecule has 1 aliphatic heterocycles. The van der Waals surface area contributed by atoms with Crippen LogP contribution in [0.2, 0.25) is 0 Å². The van der Waals surface area contributed by atoms with E-state index >= 15 is 0 Å². The van der Waals surface area contributed by atoms with Crippen LogP contribution < -0.4 is 5.32 Å². The van der Waals surface area contributed by atoms with E-state index in [1.54, 1.807) is 0 Å². The topological polar surface area (TPSA) is 69.0 Å². The third kappa shape index (κ3) is 2.63. The van der Waals surface area contributed by atoms with E-state index in [0.29, 0.717) is 13.1 Å². The number of nitrogens with one attached hydrogen (secondary N) is 1. The molecule has 6 nitrogen and oxygen atoms in total. The lowest BCUT2D eigenvalue weighted by atomic mass is 10.1. The third-order valence-electron chi connectivity index (χ3n) is 2.58. The molecule has 1 N–H and O–H groups in total. The molecule has 0 bridgehead atoms. The van der Waals surface area contributed by atoms with Crippen LogP contribution in [0.1, 0.15) is 32.4 Å². The Morgan fingerprint density at radius 2 is 2.18 bits per heavy atom. The van der Waals surface area contributed by atoms with Crippen LogP contribution in [0.4, 0.5) is 0 Å². The molecule has 1 aliphatic rings. The minimum Gasteiger partial charge on any atom is -0.459 e. The molecule has 0 saturated heterocycles. The summed E-state index contributed by atoms with van der Waals surface area (Å²) >= 11 is 0. The summed E-state index contributed by atoms with van der Waals surface area (Å²) in [5, 5.41) is 11.1. The molecular weight excluding hydrogens is 220 g/mol. The standard InChI is InChI=1S/C11H18N4O2/c1-7-13-14-9-5-12-8(6-15(7)9)10(16)17-11(2,3)4/h8,12H,5-6H2,1-4H3/t8-/m1/s1. The van der Waals surface area contributed by atoms with Gasteiger partial charge in [0.15, 0.2) is 0 Å². The van der Waals surface area contributed by atoms with Gasteiger partial charge < -0.3 is 9.30 Å². The first-order valence-corrected chi connectivity index (χ1v) is 5.72. The molecule has 17 heavy (non-hydrogen) atoms. The zero-order chi connectivity index (χ0) is 12.6. The molecule has 1 atom stereocenters. The SMILES string of the molecule is Cc1nnc2n1C[C@H](C(=O)OC(C)(C)C)NC2. The quantitative estimate of drug-likeness (QED) is 0.717.